The molecule has 1 aliphatic carbocycles. The third kappa shape index (κ3) is 5.51. The Morgan fingerprint density at radius 2 is 1.74 bits per heavy atom. The lowest BCUT2D eigenvalue weighted by Gasteiger charge is -2.30. The SMILES string of the molecule is O=C(O)C1CCN(Cc2ccc(Nc3nc(C4CCCCCC4)nc4cn[nH]c(=O)c34)cc2)CC1. The van der Waals surface area contributed by atoms with Gasteiger partial charge >= 0.3 is 5.97 Å². The van der Waals surface area contributed by atoms with Crippen LogP contribution in [0.15, 0.2) is 35.3 Å². The van der Waals surface area contributed by atoms with Crippen LogP contribution in [0.5, 0.6) is 0 Å². The summed E-state index contributed by atoms with van der Waals surface area (Å²) in [5.74, 6) is 0.697. The summed E-state index contributed by atoms with van der Waals surface area (Å²) in [7, 11) is 0. The van der Waals surface area contributed by atoms with Gasteiger partial charge in [-0.1, -0.05) is 37.8 Å². The van der Waals surface area contributed by atoms with Crippen molar-refractivity contribution in [2.45, 2.75) is 63.8 Å². The van der Waals surface area contributed by atoms with E-state index in [2.05, 4.69) is 32.5 Å². The molecule has 0 spiro atoms. The van der Waals surface area contributed by atoms with Crippen molar-refractivity contribution >= 4 is 28.4 Å². The number of piperidine rings is 1. The summed E-state index contributed by atoms with van der Waals surface area (Å²) in [6, 6.07) is 8.11. The molecule has 2 fully saturated rings. The van der Waals surface area contributed by atoms with Crippen LogP contribution in [0.4, 0.5) is 11.5 Å². The number of nitrogens with one attached hydrogen (secondary N) is 2. The molecule has 3 N–H and O–H groups in total. The van der Waals surface area contributed by atoms with Crippen molar-refractivity contribution in [2.24, 2.45) is 5.92 Å². The highest BCUT2D eigenvalue weighted by Gasteiger charge is 2.24. The van der Waals surface area contributed by atoms with E-state index < -0.39 is 5.97 Å². The average Bonchev–Trinajstić information content (AvgIpc) is 3.15. The Hall–Kier alpha value is -3.33. The fraction of sp³-hybridized carbons (Fsp3) is 0.500. The lowest BCUT2D eigenvalue weighted by Crippen LogP contribution is -2.35. The monoisotopic (exact) mass is 476 g/mol. The third-order valence-electron chi connectivity index (χ3n) is 7.31. The first-order valence-electron chi connectivity index (χ1n) is 12.6. The zero-order valence-corrected chi connectivity index (χ0v) is 19.9. The molecule has 1 aliphatic heterocycles. The van der Waals surface area contributed by atoms with Gasteiger partial charge in [0.2, 0.25) is 0 Å². The number of likely N-dealkylation sites (tertiary alicyclic amines) is 1. The fourth-order valence-corrected chi connectivity index (χ4v) is 5.26. The van der Waals surface area contributed by atoms with Gasteiger partial charge in [0.1, 0.15) is 22.5 Å². The molecule has 3 aromatic rings. The first-order chi connectivity index (χ1) is 17.1. The van der Waals surface area contributed by atoms with Crippen molar-refractivity contribution in [1.82, 2.24) is 25.1 Å². The van der Waals surface area contributed by atoms with Gasteiger partial charge in [-0.2, -0.15) is 5.10 Å². The van der Waals surface area contributed by atoms with Gasteiger partial charge in [-0.15, -0.1) is 0 Å². The van der Waals surface area contributed by atoms with E-state index in [1.807, 2.05) is 12.1 Å². The Balaban J connectivity index is 1.34. The Morgan fingerprint density at radius 3 is 2.43 bits per heavy atom. The minimum absolute atomic E-state index is 0.221. The first kappa shape index (κ1) is 23.4. The van der Waals surface area contributed by atoms with E-state index in [4.69, 9.17) is 9.97 Å². The largest absolute Gasteiger partial charge is 0.481 e. The molecule has 0 radical (unpaired) electrons. The van der Waals surface area contributed by atoms with Gasteiger partial charge in [0.25, 0.3) is 5.56 Å². The molecule has 9 nitrogen and oxygen atoms in total. The molecule has 1 saturated carbocycles. The molecule has 3 heterocycles. The van der Waals surface area contributed by atoms with Crippen LogP contribution in [0.1, 0.15) is 68.7 Å². The highest BCUT2D eigenvalue weighted by atomic mass is 16.4. The molecule has 184 valence electrons. The first-order valence-corrected chi connectivity index (χ1v) is 12.6. The number of fused-ring (bicyclic) bond motifs is 1. The number of hydrogen-bond donors (Lipinski definition) is 3. The van der Waals surface area contributed by atoms with Crippen molar-refractivity contribution in [3.63, 3.8) is 0 Å². The summed E-state index contributed by atoms with van der Waals surface area (Å²) >= 11 is 0. The molecule has 9 heteroatoms. The Labute approximate surface area is 204 Å². The summed E-state index contributed by atoms with van der Waals surface area (Å²) in [5.41, 5.74) is 2.27. The summed E-state index contributed by atoms with van der Waals surface area (Å²) in [5, 5.41) is 19.4. The number of benzene rings is 1. The lowest BCUT2D eigenvalue weighted by molar-refractivity contribution is -0.143. The second-order valence-electron chi connectivity index (χ2n) is 9.79. The predicted molar refractivity (Wildman–Crippen MR) is 134 cm³/mol. The Kier molecular flexibility index (Phi) is 7.03. The van der Waals surface area contributed by atoms with E-state index in [1.165, 1.54) is 25.7 Å². The lowest BCUT2D eigenvalue weighted by atomic mass is 9.97. The van der Waals surface area contributed by atoms with Crippen LogP contribution in [-0.2, 0) is 11.3 Å². The van der Waals surface area contributed by atoms with Crippen molar-refractivity contribution in [3.05, 3.63) is 52.2 Å². The van der Waals surface area contributed by atoms with Crippen molar-refractivity contribution in [1.29, 1.82) is 0 Å². The molecule has 5 rings (SSSR count). The van der Waals surface area contributed by atoms with E-state index >= 15 is 0 Å². The minimum Gasteiger partial charge on any atom is -0.481 e. The Morgan fingerprint density at radius 1 is 1.03 bits per heavy atom. The van der Waals surface area contributed by atoms with Gasteiger partial charge in [0, 0.05) is 18.2 Å². The van der Waals surface area contributed by atoms with E-state index in [9.17, 15) is 14.7 Å². The van der Waals surface area contributed by atoms with E-state index in [1.54, 1.807) is 6.20 Å². The van der Waals surface area contributed by atoms with Crippen LogP contribution < -0.4 is 10.9 Å². The van der Waals surface area contributed by atoms with E-state index in [0.717, 1.165) is 49.6 Å². The molecule has 0 amide bonds. The molecule has 35 heavy (non-hydrogen) atoms. The smallest absolute Gasteiger partial charge is 0.306 e. The van der Waals surface area contributed by atoms with Crippen molar-refractivity contribution in [2.75, 3.05) is 18.4 Å². The number of carboxylic acid groups (broad SMARTS) is 1. The molecule has 1 aromatic carbocycles. The van der Waals surface area contributed by atoms with Crippen LogP contribution >= 0.6 is 0 Å². The molecule has 0 unspecified atom stereocenters. The number of nitrogens with zero attached hydrogens (tertiary/aromatic N) is 4. The van der Waals surface area contributed by atoms with Crippen LogP contribution in [0.3, 0.4) is 0 Å². The second kappa shape index (κ2) is 10.5. The van der Waals surface area contributed by atoms with Crippen LogP contribution in [-0.4, -0.2) is 49.2 Å². The molecular formula is C26H32N6O3. The van der Waals surface area contributed by atoms with Gasteiger partial charge in [0.15, 0.2) is 0 Å². The quantitative estimate of drug-likeness (QED) is 0.453. The summed E-state index contributed by atoms with van der Waals surface area (Å²) < 4.78 is 0. The molecular weight excluding hydrogens is 444 g/mol. The Bertz CT molecular complexity index is 1230. The fourth-order valence-electron chi connectivity index (χ4n) is 5.26. The van der Waals surface area contributed by atoms with Crippen LogP contribution in [0.2, 0.25) is 0 Å². The zero-order valence-electron chi connectivity index (χ0n) is 19.9. The van der Waals surface area contributed by atoms with Gasteiger partial charge in [-0.3, -0.25) is 14.5 Å². The highest BCUT2D eigenvalue weighted by Crippen LogP contribution is 2.32. The van der Waals surface area contributed by atoms with Crippen molar-refractivity contribution < 1.29 is 9.90 Å². The number of carboxylic acids is 1. The van der Waals surface area contributed by atoms with Crippen LogP contribution in [0, 0.1) is 5.92 Å². The minimum atomic E-state index is -0.686. The maximum atomic E-state index is 12.6. The number of carbonyl (C=O) groups is 1. The number of hydrogen-bond acceptors (Lipinski definition) is 7. The zero-order chi connectivity index (χ0) is 24.2. The predicted octanol–water partition coefficient (Wildman–Crippen LogP) is 4.19. The third-order valence-corrected chi connectivity index (χ3v) is 7.31. The highest BCUT2D eigenvalue weighted by molar-refractivity contribution is 5.89. The van der Waals surface area contributed by atoms with Gasteiger partial charge in [-0.05, 0) is 56.5 Å². The number of rotatable bonds is 6. The van der Waals surface area contributed by atoms with E-state index in [0.29, 0.717) is 35.5 Å². The summed E-state index contributed by atoms with van der Waals surface area (Å²) in [6.45, 7) is 2.38. The second-order valence-corrected chi connectivity index (χ2v) is 9.79. The molecule has 0 atom stereocenters. The molecule has 2 aliphatic rings. The molecule has 1 saturated heterocycles. The molecule has 0 bridgehead atoms. The number of aliphatic carboxylic acids is 1. The number of aromatic amines is 1. The maximum absolute atomic E-state index is 12.6. The summed E-state index contributed by atoms with van der Waals surface area (Å²) in [4.78, 5) is 35.6. The van der Waals surface area contributed by atoms with Gasteiger partial charge in [-0.25, -0.2) is 15.1 Å². The van der Waals surface area contributed by atoms with Gasteiger partial charge in [0.05, 0.1) is 12.1 Å². The number of H-pyrrole nitrogens is 1. The van der Waals surface area contributed by atoms with E-state index in [-0.39, 0.29) is 11.5 Å². The van der Waals surface area contributed by atoms with Crippen LogP contribution in [0.25, 0.3) is 10.9 Å². The number of anilines is 2. The normalized spacial score (nSPS) is 18.4. The summed E-state index contributed by atoms with van der Waals surface area (Å²) in [6.07, 6.45) is 9.99. The van der Waals surface area contributed by atoms with Crippen molar-refractivity contribution in [3.8, 4) is 0 Å². The molecule has 2 aromatic heterocycles. The standard InChI is InChI=1S/C26H32N6O3/c33-25-22-21(15-27-31-25)29-23(18-5-3-1-2-4-6-18)30-24(22)28-20-9-7-17(8-10-20)16-32-13-11-19(12-14-32)26(34)35/h7-10,15,18-19H,1-6,11-14,16H2,(H,31,33)(H,34,35)(H,28,29,30). The van der Waals surface area contributed by atoms with Gasteiger partial charge < -0.3 is 10.4 Å². The average molecular weight is 477 g/mol. The topological polar surface area (TPSA) is 124 Å². The number of aromatic nitrogens is 4. The maximum Gasteiger partial charge on any atom is 0.306 e.